The Balaban J connectivity index is 1.76. The number of hydrogen-bond acceptors (Lipinski definition) is 7. The highest BCUT2D eigenvalue weighted by molar-refractivity contribution is 7.16. The third-order valence-corrected chi connectivity index (χ3v) is 5.18. The average molecular weight is 417 g/mol. The van der Waals surface area contributed by atoms with Crippen LogP contribution in [0.3, 0.4) is 0 Å². The maximum atomic E-state index is 13.4. The van der Waals surface area contributed by atoms with Gasteiger partial charge in [0.25, 0.3) is 0 Å². The van der Waals surface area contributed by atoms with E-state index in [0.717, 1.165) is 15.2 Å². The lowest BCUT2D eigenvalue weighted by molar-refractivity contribution is -0.117. The molecule has 0 radical (unpaired) electrons. The number of nitrogens with zero attached hydrogens (tertiary/aromatic N) is 4. The number of aromatic nitrogens is 4. The predicted octanol–water partition coefficient (Wildman–Crippen LogP) is 3.23. The maximum Gasteiger partial charge on any atom is 0.341 e. The van der Waals surface area contributed by atoms with E-state index in [1.807, 2.05) is 13.8 Å². The summed E-state index contributed by atoms with van der Waals surface area (Å²) in [5.41, 5.74) is 1.70. The second-order valence-corrected chi connectivity index (χ2v) is 7.34. The summed E-state index contributed by atoms with van der Waals surface area (Å²) in [5, 5.41) is 15.0. The second-order valence-electron chi connectivity index (χ2n) is 6.12. The van der Waals surface area contributed by atoms with Gasteiger partial charge < -0.3 is 10.1 Å². The average Bonchev–Trinajstić information content (AvgIpc) is 3.25. The first kappa shape index (κ1) is 20.6. The molecule has 0 saturated carbocycles. The van der Waals surface area contributed by atoms with Crippen molar-refractivity contribution in [3.05, 3.63) is 46.1 Å². The van der Waals surface area contributed by atoms with Crippen molar-refractivity contribution in [2.75, 3.05) is 11.9 Å². The molecule has 0 unspecified atom stereocenters. The zero-order chi connectivity index (χ0) is 21.0. The lowest BCUT2D eigenvalue weighted by atomic mass is 10.1. The molecule has 3 rings (SSSR count). The zero-order valence-electron chi connectivity index (χ0n) is 16.2. The molecule has 1 N–H and O–H groups in total. The Labute approximate surface area is 170 Å². The van der Waals surface area contributed by atoms with E-state index < -0.39 is 17.7 Å². The molecule has 8 nitrogen and oxygen atoms in total. The van der Waals surface area contributed by atoms with Crippen LogP contribution in [0.1, 0.15) is 34.6 Å². The minimum atomic E-state index is -0.462. The maximum absolute atomic E-state index is 13.4. The number of esters is 1. The van der Waals surface area contributed by atoms with E-state index in [9.17, 15) is 14.0 Å². The minimum absolute atomic E-state index is 0.205. The lowest BCUT2D eigenvalue weighted by Gasteiger charge is -2.07. The van der Waals surface area contributed by atoms with Gasteiger partial charge in [-0.05, 0) is 43.2 Å². The van der Waals surface area contributed by atoms with Gasteiger partial charge in [0.15, 0.2) is 0 Å². The van der Waals surface area contributed by atoms with Crippen molar-refractivity contribution in [3.8, 4) is 11.4 Å². The van der Waals surface area contributed by atoms with Gasteiger partial charge in [-0.15, -0.1) is 21.5 Å². The van der Waals surface area contributed by atoms with E-state index in [1.54, 1.807) is 19.1 Å². The van der Waals surface area contributed by atoms with Gasteiger partial charge in [-0.1, -0.05) is 19.1 Å². The normalized spacial score (nSPS) is 10.8. The summed E-state index contributed by atoms with van der Waals surface area (Å²) in [7, 11) is 0. The number of ether oxygens (including phenoxy) is 1. The van der Waals surface area contributed by atoms with Crippen LogP contribution >= 0.6 is 11.3 Å². The number of carbonyl (C=O) groups is 2. The van der Waals surface area contributed by atoms with Gasteiger partial charge in [0.1, 0.15) is 17.4 Å². The fourth-order valence-corrected chi connectivity index (χ4v) is 4.01. The zero-order valence-corrected chi connectivity index (χ0v) is 17.0. The van der Waals surface area contributed by atoms with E-state index in [1.165, 1.54) is 23.5 Å². The quantitative estimate of drug-likeness (QED) is 0.593. The summed E-state index contributed by atoms with van der Waals surface area (Å²) in [6.45, 7) is 5.61. The first-order valence-electron chi connectivity index (χ1n) is 9.05. The third kappa shape index (κ3) is 4.65. The number of halogens is 1. The van der Waals surface area contributed by atoms with Crippen LogP contribution in [-0.4, -0.2) is 38.7 Å². The molecule has 0 aliphatic heterocycles. The number of thiophene rings is 1. The molecule has 0 atom stereocenters. The molecule has 0 aliphatic rings. The van der Waals surface area contributed by atoms with E-state index in [2.05, 4.69) is 20.7 Å². The molecule has 0 spiro atoms. The van der Waals surface area contributed by atoms with Crippen molar-refractivity contribution >= 4 is 28.2 Å². The highest BCUT2D eigenvalue weighted by Crippen LogP contribution is 2.34. The van der Waals surface area contributed by atoms with Gasteiger partial charge >= 0.3 is 5.97 Å². The predicted molar refractivity (Wildman–Crippen MR) is 106 cm³/mol. The highest BCUT2D eigenvalue weighted by atomic mass is 32.1. The van der Waals surface area contributed by atoms with Crippen LogP contribution in [0.4, 0.5) is 9.39 Å². The Hall–Kier alpha value is -3.14. The lowest BCUT2D eigenvalue weighted by Crippen LogP contribution is -2.21. The Morgan fingerprint density at radius 2 is 2.10 bits per heavy atom. The standard InChI is InChI=1S/C19H20FN5O3S/c1-4-14-11(3)29-18(16(14)19(27)28-5-2)21-15(26)10-25-23-17(22-24-25)12-7-6-8-13(20)9-12/h6-9H,4-5,10H2,1-3H3,(H,21,26). The first-order valence-corrected chi connectivity index (χ1v) is 9.87. The number of hydrogen-bond donors (Lipinski definition) is 1. The fraction of sp³-hybridized carbons (Fsp3) is 0.316. The van der Waals surface area contributed by atoms with Crippen LogP contribution in [0.25, 0.3) is 11.4 Å². The van der Waals surface area contributed by atoms with Crippen molar-refractivity contribution in [1.82, 2.24) is 20.2 Å². The van der Waals surface area contributed by atoms with Gasteiger partial charge in [0.2, 0.25) is 11.7 Å². The molecule has 29 heavy (non-hydrogen) atoms. The Morgan fingerprint density at radius 1 is 1.31 bits per heavy atom. The van der Waals surface area contributed by atoms with Gasteiger partial charge in [0, 0.05) is 10.4 Å². The van der Waals surface area contributed by atoms with Crippen molar-refractivity contribution in [2.45, 2.75) is 33.7 Å². The van der Waals surface area contributed by atoms with Gasteiger partial charge in [-0.2, -0.15) is 4.80 Å². The van der Waals surface area contributed by atoms with Crippen LogP contribution in [0.2, 0.25) is 0 Å². The number of nitrogens with one attached hydrogen (secondary N) is 1. The molecule has 1 aromatic carbocycles. The van der Waals surface area contributed by atoms with Gasteiger partial charge in [0.05, 0.1) is 12.2 Å². The summed E-state index contributed by atoms with van der Waals surface area (Å²) >= 11 is 1.32. The topological polar surface area (TPSA) is 99.0 Å². The Bertz CT molecular complexity index is 1050. The molecule has 0 fully saturated rings. The molecule has 0 saturated heterocycles. The molecular weight excluding hydrogens is 397 g/mol. The summed E-state index contributed by atoms with van der Waals surface area (Å²) < 4.78 is 18.5. The van der Waals surface area contributed by atoms with Crippen LogP contribution in [-0.2, 0) is 22.5 Å². The molecule has 3 aromatic rings. The van der Waals surface area contributed by atoms with Crippen LogP contribution in [0.15, 0.2) is 24.3 Å². The van der Waals surface area contributed by atoms with Crippen molar-refractivity contribution in [3.63, 3.8) is 0 Å². The number of aryl methyl sites for hydroxylation is 1. The molecule has 0 aliphatic carbocycles. The first-order chi connectivity index (χ1) is 13.9. The molecule has 152 valence electrons. The van der Waals surface area contributed by atoms with Crippen LogP contribution in [0, 0.1) is 12.7 Å². The largest absolute Gasteiger partial charge is 0.462 e. The summed E-state index contributed by atoms with van der Waals surface area (Å²) in [4.78, 5) is 26.9. The number of carbonyl (C=O) groups excluding carboxylic acids is 2. The monoisotopic (exact) mass is 417 g/mol. The Kier molecular flexibility index (Phi) is 6.32. The number of amides is 1. The van der Waals surface area contributed by atoms with Gasteiger partial charge in [-0.3, -0.25) is 4.79 Å². The SMILES string of the molecule is CCOC(=O)c1c(NC(=O)Cn2nnc(-c3cccc(F)c3)n2)sc(C)c1CC. The molecular formula is C19H20FN5O3S. The molecule has 0 bridgehead atoms. The second kappa shape index (κ2) is 8.91. The smallest absolute Gasteiger partial charge is 0.341 e. The molecule has 2 heterocycles. The van der Waals surface area contributed by atoms with Gasteiger partial charge in [-0.25, -0.2) is 9.18 Å². The van der Waals surface area contributed by atoms with Crippen molar-refractivity contribution in [2.24, 2.45) is 0 Å². The highest BCUT2D eigenvalue weighted by Gasteiger charge is 2.23. The van der Waals surface area contributed by atoms with E-state index >= 15 is 0 Å². The van der Waals surface area contributed by atoms with Crippen LogP contribution < -0.4 is 5.32 Å². The van der Waals surface area contributed by atoms with Crippen LogP contribution in [0.5, 0.6) is 0 Å². The summed E-state index contributed by atoms with van der Waals surface area (Å²) in [5.74, 6) is -1.08. The number of anilines is 1. The number of tetrazole rings is 1. The van der Waals surface area contributed by atoms with E-state index in [0.29, 0.717) is 22.5 Å². The van der Waals surface area contributed by atoms with E-state index in [-0.39, 0.29) is 19.0 Å². The molecule has 10 heteroatoms. The fourth-order valence-electron chi connectivity index (χ4n) is 2.86. The number of benzene rings is 1. The van der Waals surface area contributed by atoms with Crippen molar-refractivity contribution in [1.29, 1.82) is 0 Å². The molecule has 2 aromatic heterocycles. The third-order valence-electron chi connectivity index (χ3n) is 4.12. The summed E-state index contributed by atoms with van der Waals surface area (Å²) in [6.07, 6.45) is 0.647. The van der Waals surface area contributed by atoms with Crippen molar-refractivity contribution < 1.29 is 18.7 Å². The Morgan fingerprint density at radius 3 is 2.79 bits per heavy atom. The number of rotatable bonds is 7. The molecule has 1 amide bonds. The minimum Gasteiger partial charge on any atom is -0.462 e. The summed E-state index contributed by atoms with van der Waals surface area (Å²) in [6, 6.07) is 5.79. The van der Waals surface area contributed by atoms with E-state index in [4.69, 9.17) is 4.74 Å².